The summed E-state index contributed by atoms with van der Waals surface area (Å²) < 4.78 is 2.16. The molecule has 0 aliphatic carbocycles. The molecule has 8 nitrogen and oxygen atoms in total. The van der Waals surface area contributed by atoms with Gasteiger partial charge in [-0.25, -0.2) is 0 Å². The molecule has 1 amide bonds. The van der Waals surface area contributed by atoms with Crippen molar-refractivity contribution in [3.8, 4) is 0 Å². The second kappa shape index (κ2) is 8.37. The lowest BCUT2D eigenvalue weighted by molar-refractivity contribution is -0.385. The lowest BCUT2D eigenvalue weighted by Crippen LogP contribution is -2.24. The summed E-state index contributed by atoms with van der Waals surface area (Å²) in [6.07, 6.45) is 7.81. The van der Waals surface area contributed by atoms with E-state index in [1.54, 1.807) is 18.2 Å². The third kappa shape index (κ3) is 4.33. The number of para-hydroxylation sites is 1. The van der Waals surface area contributed by atoms with Gasteiger partial charge in [0.05, 0.1) is 10.5 Å². The molecule has 2 aromatic rings. The van der Waals surface area contributed by atoms with Gasteiger partial charge in [0, 0.05) is 38.1 Å². The molecule has 1 N–H and O–H groups in total. The summed E-state index contributed by atoms with van der Waals surface area (Å²) in [7, 11) is 0. The number of nitrogens with zero attached hydrogens (tertiary/aromatic N) is 4. The SMILES string of the molecule is O=C(/C=C/c1ccccc1[N+](=O)[O-])NCCc1nnc2n1CCCCC2. The lowest BCUT2D eigenvalue weighted by Gasteiger charge is -2.07. The number of benzene rings is 1. The Morgan fingerprint density at radius 3 is 2.96 bits per heavy atom. The fraction of sp³-hybridized carbons (Fsp3) is 0.389. The molecule has 26 heavy (non-hydrogen) atoms. The molecule has 2 heterocycles. The molecule has 3 rings (SSSR count). The van der Waals surface area contributed by atoms with Gasteiger partial charge in [-0.15, -0.1) is 10.2 Å². The average Bonchev–Trinajstić information content (AvgIpc) is 2.87. The van der Waals surface area contributed by atoms with Crippen LogP contribution in [0.4, 0.5) is 5.69 Å². The Hall–Kier alpha value is -3.03. The van der Waals surface area contributed by atoms with E-state index in [-0.39, 0.29) is 11.6 Å². The third-order valence-corrected chi connectivity index (χ3v) is 4.38. The highest BCUT2D eigenvalue weighted by Gasteiger charge is 2.14. The fourth-order valence-corrected chi connectivity index (χ4v) is 3.05. The summed E-state index contributed by atoms with van der Waals surface area (Å²) in [5, 5.41) is 22.2. The van der Waals surface area contributed by atoms with E-state index in [1.807, 2.05) is 0 Å². The van der Waals surface area contributed by atoms with Gasteiger partial charge >= 0.3 is 0 Å². The first kappa shape index (κ1) is 17.8. The van der Waals surface area contributed by atoms with Crippen molar-refractivity contribution < 1.29 is 9.72 Å². The number of carbonyl (C=O) groups excluding carboxylic acids is 1. The zero-order valence-electron chi connectivity index (χ0n) is 14.4. The molecule has 1 aromatic heterocycles. The molecule has 1 aliphatic rings. The highest BCUT2D eigenvalue weighted by molar-refractivity contribution is 5.92. The molecular weight excluding hydrogens is 334 g/mol. The van der Waals surface area contributed by atoms with Crippen molar-refractivity contribution in [3.05, 3.63) is 57.7 Å². The largest absolute Gasteiger partial charge is 0.352 e. The van der Waals surface area contributed by atoms with E-state index in [2.05, 4.69) is 20.1 Å². The maximum atomic E-state index is 12.0. The van der Waals surface area contributed by atoms with E-state index in [1.165, 1.54) is 24.6 Å². The van der Waals surface area contributed by atoms with Crippen molar-refractivity contribution in [3.63, 3.8) is 0 Å². The molecule has 0 fully saturated rings. The van der Waals surface area contributed by atoms with Crippen LogP contribution in [0.5, 0.6) is 0 Å². The molecule has 0 saturated heterocycles. The van der Waals surface area contributed by atoms with Gasteiger partial charge in [-0.3, -0.25) is 14.9 Å². The molecular formula is C18H21N5O3. The normalized spacial score (nSPS) is 14.0. The number of fused-ring (bicyclic) bond motifs is 1. The Labute approximate surface area is 151 Å². The Balaban J connectivity index is 1.54. The van der Waals surface area contributed by atoms with Crippen molar-refractivity contribution >= 4 is 17.7 Å². The van der Waals surface area contributed by atoms with Crippen molar-refractivity contribution in [2.75, 3.05) is 6.54 Å². The standard InChI is InChI=1S/C18H21N5O3/c24-18(10-9-14-6-3-4-7-15(14)23(25)26)19-12-11-17-21-20-16-8-2-1-5-13-22(16)17/h3-4,6-7,9-10H,1-2,5,8,11-13H2,(H,19,24)/b10-9+. The van der Waals surface area contributed by atoms with Crippen LogP contribution in [0, 0.1) is 10.1 Å². The number of hydrogen-bond acceptors (Lipinski definition) is 5. The van der Waals surface area contributed by atoms with Crippen molar-refractivity contribution in [1.29, 1.82) is 0 Å². The van der Waals surface area contributed by atoms with Crippen LogP contribution in [0.15, 0.2) is 30.3 Å². The quantitative estimate of drug-likeness (QED) is 0.486. The fourth-order valence-electron chi connectivity index (χ4n) is 3.05. The van der Waals surface area contributed by atoms with Gasteiger partial charge in [-0.1, -0.05) is 18.6 Å². The van der Waals surface area contributed by atoms with Gasteiger partial charge in [0.1, 0.15) is 11.6 Å². The smallest absolute Gasteiger partial charge is 0.276 e. The molecule has 0 atom stereocenters. The maximum Gasteiger partial charge on any atom is 0.276 e. The first-order valence-corrected chi connectivity index (χ1v) is 8.75. The zero-order valence-corrected chi connectivity index (χ0v) is 14.4. The average molecular weight is 355 g/mol. The van der Waals surface area contributed by atoms with Gasteiger partial charge in [0.2, 0.25) is 5.91 Å². The monoisotopic (exact) mass is 355 g/mol. The first-order chi connectivity index (χ1) is 12.6. The maximum absolute atomic E-state index is 12.0. The van der Waals surface area contributed by atoms with E-state index >= 15 is 0 Å². The number of rotatable bonds is 6. The minimum Gasteiger partial charge on any atom is -0.352 e. The number of hydrogen-bond donors (Lipinski definition) is 1. The Morgan fingerprint density at radius 2 is 2.12 bits per heavy atom. The summed E-state index contributed by atoms with van der Waals surface area (Å²) in [6.45, 7) is 1.38. The molecule has 0 spiro atoms. The van der Waals surface area contributed by atoms with Crippen LogP contribution in [0.25, 0.3) is 6.08 Å². The highest BCUT2D eigenvalue weighted by atomic mass is 16.6. The molecule has 8 heteroatoms. The predicted octanol–water partition coefficient (Wildman–Crippen LogP) is 2.28. The van der Waals surface area contributed by atoms with Crippen LogP contribution < -0.4 is 5.32 Å². The van der Waals surface area contributed by atoms with Crippen LogP contribution >= 0.6 is 0 Å². The number of carbonyl (C=O) groups is 1. The number of nitro groups is 1. The van der Waals surface area contributed by atoms with E-state index < -0.39 is 4.92 Å². The number of nitro benzene ring substituents is 1. The van der Waals surface area contributed by atoms with Crippen LogP contribution in [-0.2, 0) is 24.2 Å². The van der Waals surface area contributed by atoms with Crippen LogP contribution in [0.1, 0.15) is 36.5 Å². The minimum absolute atomic E-state index is 0.0253. The van der Waals surface area contributed by atoms with Gasteiger partial charge < -0.3 is 9.88 Å². The number of aryl methyl sites for hydroxylation is 1. The number of amides is 1. The van der Waals surface area contributed by atoms with E-state index in [4.69, 9.17) is 0 Å². The van der Waals surface area contributed by atoms with E-state index in [9.17, 15) is 14.9 Å². The minimum atomic E-state index is -0.464. The second-order valence-corrected chi connectivity index (χ2v) is 6.19. The topological polar surface area (TPSA) is 103 Å². The molecule has 0 saturated carbocycles. The van der Waals surface area contributed by atoms with Crippen molar-refractivity contribution in [1.82, 2.24) is 20.1 Å². The molecule has 1 aliphatic heterocycles. The van der Waals surface area contributed by atoms with E-state index in [0.29, 0.717) is 18.5 Å². The van der Waals surface area contributed by atoms with E-state index in [0.717, 1.165) is 37.5 Å². The van der Waals surface area contributed by atoms with Gasteiger partial charge in [-0.2, -0.15) is 0 Å². The number of aromatic nitrogens is 3. The van der Waals surface area contributed by atoms with Crippen molar-refractivity contribution in [2.24, 2.45) is 0 Å². The number of nitrogens with one attached hydrogen (secondary N) is 1. The molecule has 136 valence electrons. The van der Waals surface area contributed by atoms with Crippen molar-refractivity contribution in [2.45, 2.75) is 38.6 Å². The summed E-state index contributed by atoms with van der Waals surface area (Å²) in [5.41, 5.74) is 0.373. The van der Waals surface area contributed by atoms with Gasteiger partial charge in [0.15, 0.2) is 0 Å². The Kier molecular flexibility index (Phi) is 5.73. The lowest BCUT2D eigenvalue weighted by atomic mass is 10.1. The first-order valence-electron chi connectivity index (χ1n) is 8.75. The third-order valence-electron chi connectivity index (χ3n) is 4.38. The highest BCUT2D eigenvalue weighted by Crippen LogP contribution is 2.18. The van der Waals surface area contributed by atoms with Gasteiger partial charge in [-0.05, 0) is 25.0 Å². The summed E-state index contributed by atoms with van der Waals surface area (Å²) in [4.78, 5) is 22.5. The Bertz CT molecular complexity index is 828. The zero-order chi connectivity index (χ0) is 18.4. The van der Waals surface area contributed by atoms with Crippen LogP contribution in [-0.4, -0.2) is 32.1 Å². The summed E-state index contributed by atoms with van der Waals surface area (Å²) >= 11 is 0. The molecule has 0 unspecified atom stereocenters. The predicted molar refractivity (Wildman–Crippen MR) is 96.4 cm³/mol. The van der Waals surface area contributed by atoms with Crippen LogP contribution in [0.3, 0.4) is 0 Å². The molecule has 1 aromatic carbocycles. The molecule has 0 radical (unpaired) electrons. The van der Waals surface area contributed by atoms with Gasteiger partial charge in [0.25, 0.3) is 5.69 Å². The second-order valence-electron chi connectivity index (χ2n) is 6.19. The summed E-state index contributed by atoms with van der Waals surface area (Å²) in [6, 6.07) is 6.31. The molecule has 0 bridgehead atoms. The summed E-state index contributed by atoms with van der Waals surface area (Å²) in [5.74, 6) is 1.63. The Morgan fingerprint density at radius 1 is 1.27 bits per heavy atom. The van der Waals surface area contributed by atoms with Crippen LogP contribution in [0.2, 0.25) is 0 Å².